The third-order valence-corrected chi connectivity index (χ3v) is 7.98. The number of nitrogens with one attached hydrogen (secondary N) is 4. The van der Waals surface area contributed by atoms with E-state index in [1.165, 1.54) is 30.6 Å². The molecule has 3 heterocycles. The van der Waals surface area contributed by atoms with Crippen LogP contribution in [-0.2, 0) is 34.8 Å². The molecule has 0 aliphatic carbocycles. The summed E-state index contributed by atoms with van der Waals surface area (Å²) in [5, 5.41) is 11.5. The van der Waals surface area contributed by atoms with Crippen LogP contribution in [0.5, 0.6) is 0 Å². The average molecular weight is 657 g/mol. The molecule has 0 radical (unpaired) electrons. The molecular formula is C31H44N8O6S. The zero-order valence-electron chi connectivity index (χ0n) is 27.5. The van der Waals surface area contributed by atoms with Crippen molar-refractivity contribution < 1.29 is 28.7 Å². The van der Waals surface area contributed by atoms with Gasteiger partial charge >= 0.3 is 5.97 Å². The third-order valence-electron chi connectivity index (χ3n) is 6.95. The van der Waals surface area contributed by atoms with Crippen LogP contribution in [0.2, 0.25) is 0 Å². The summed E-state index contributed by atoms with van der Waals surface area (Å²) in [4.78, 5) is 70.0. The largest absolute Gasteiger partial charge is 0.469 e. The lowest BCUT2D eigenvalue weighted by Crippen LogP contribution is -2.28. The van der Waals surface area contributed by atoms with Crippen molar-refractivity contribution in [2.75, 3.05) is 50.2 Å². The highest BCUT2D eigenvalue weighted by molar-refractivity contribution is 7.16. The first kappa shape index (κ1) is 36.0. The molecule has 0 aromatic carbocycles. The number of nitrogens with zero attached hydrogens (tertiary/aromatic N) is 4. The molecule has 0 atom stereocenters. The van der Waals surface area contributed by atoms with E-state index in [0.29, 0.717) is 41.1 Å². The zero-order valence-corrected chi connectivity index (χ0v) is 28.3. The molecule has 3 aromatic rings. The maximum Gasteiger partial charge on any atom is 0.306 e. The number of amides is 4. The van der Waals surface area contributed by atoms with Crippen molar-refractivity contribution >= 4 is 57.4 Å². The molecule has 3 rings (SSSR count). The van der Waals surface area contributed by atoms with Gasteiger partial charge in [-0.25, -0.2) is 4.98 Å². The van der Waals surface area contributed by atoms with Gasteiger partial charge in [-0.05, 0) is 58.0 Å². The zero-order chi connectivity index (χ0) is 34.0. The molecule has 14 nitrogen and oxygen atoms in total. The molecule has 3 aromatic heterocycles. The number of carbonyl (C=O) groups excluding carboxylic acids is 5. The lowest BCUT2D eigenvalue weighted by Gasteiger charge is -2.10. The summed E-state index contributed by atoms with van der Waals surface area (Å²) in [5.74, 6) is -1.60. The van der Waals surface area contributed by atoms with Gasteiger partial charge in [0, 0.05) is 44.3 Å². The Morgan fingerprint density at radius 2 is 1.52 bits per heavy atom. The van der Waals surface area contributed by atoms with Crippen LogP contribution >= 0.6 is 11.3 Å². The van der Waals surface area contributed by atoms with Crippen LogP contribution in [-0.4, -0.2) is 82.9 Å². The van der Waals surface area contributed by atoms with Gasteiger partial charge in [-0.3, -0.25) is 29.3 Å². The van der Waals surface area contributed by atoms with Crippen molar-refractivity contribution in [3.8, 4) is 0 Å². The van der Waals surface area contributed by atoms with Crippen molar-refractivity contribution in [2.24, 2.45) is 20.0 Å². The molecule has 0 aliphatic heterocycles. The van der Waals surface area contributed by atoms with Crippen molar-refractivity contribution in [3.63, 3.8) is 0 Å². The summed E-state index contributed by atoms with van der Waals surface area (Å²) >= 11 is 1.28. The van der Waals surface area contributed by atoms with Crippen LogP contribution in [0.1, 0.15) is 75.9 Å². The van der Waals surface area contributed by atoms with Crippen LogP contribution in [0.4, 0.5) is 16.5 Å². The van der Waals surface area contributed by atoms with Crippen LogP contribution < -0.4 is 21.3 Å². The van der Waals surface area contributed by atoms with E-state index in [9.17, 15) is 24.0 Å². The fraction of sp³-hybridized carbons (Fsp3) is 0.484. The summed E-state index contributed by atoms with van der Waals surface area (Å²) < 4.78 is 7.68. The van der Waals surface area contributed by atoms with Gasteiger partial charge in [0.1, 0.15) is 17.1 Å². The topological polar surface area (TPSA) is 169 Å². The minimum Gasteiger partial charge on any atom is -0.469 e. The molecule has 46 heavy (non-hydrogen) atoms. The van der Waals surface area contributed by atoms with Gasteiger partial charge in [0.25, 0.3) is 17.7 Å². The number of thiazole rings is 1. The Morgan fingerprint density at radius 1 is 0.913 bits per heavy atom. The first-order valence-corrected chi connectivity index (χ1v) is 15.8. The number of esters is 1. The van der Waals surface area contributed by atoms with Gasteiger partial charge < -0.3 is 34.7 Å². The highest BCUT2D eigenvalue weighted by atomic mass is 32.1. The number of aromatic nitrogens is 3. The van der Waals surface area contributed by atoms with Crippen LogP contribution in [0.25, 0.3) is 0 Å². The highest BCUT2D eigenvalue weighted by Crippen LogP contribution is 2.27. The molecule has 4 amide bonds. The van der Waals surface area contributed by atoms with E-state index in [1.807, 2.05) is 14.1 Å². The van der Waals surface area contributed by atoms with Gasteiger partial charge in [0.2, 0.25) is 5.91 Å². The Hall–Kier alpha value is -4.50. The summed E-state index contributed by atoms with van der Waals surface area (Å²) in [6.07, 6.45) is 5.43. The predicted octanol–water partition coefficient (Wildman–Crippen LogP) is 3.49. The number of hydrogen-bond donors (Lipinski definition) is 4. The summed E-state index contributed by atoms with van der Waals surface area (Å²) in [6.45, 7) is 5.59. The van der Waals surface area contributed by atoms with Gasteiger partial charge in [0.05, 0.1) is 24.9 Å². The van der Waals surface area contributed by atoms with E-state index >= 15 is 0 Å². The molecule has 0 saturated carbocycles. The highest BCUT2D eigenvalue weighted by Gasteiger charge is 2.22. The normalized spacial score (nSPS) is 11.1. The Morgan fingerprint density at radius 3 is 2.11 bits per heavy atom. The number of methoxy groups -OCH3 is 1. The minimum atomic E-state index is -0.490. The van der Waals surface area contributed by atoms with E-state index in [4.69, 9.17) is 0 Å². The van der Waals surface area contributed by atoms with E-state index in [2.05, 4.69) is 49.7 Å². The Bertz CT molecular complexity index is 1550. The molecule has 0 bridgehead atoms. The fourth-order valence-electron chi connectivity index (χ4n) is 4.47. The first-order chi connectivity index (χ1) is 21.8. The average Bonchev–Trinajstić information content (AvgIpc) is 3.68. The smallest absolute Gasteiger partial charge is 0.306 e. The second kappa shape index (κ2) is 16.7. The lowest BCUT2D eigenvalue weighted by atomic mass is 10.1. The molecule has 4 N–H and O–H groups in total. The Balaban J connectivity index is 1.67. The number of aryl methyl sites for hydroxylation is 3. The number of carbonyl (C=O) groups is 5. The van der Waals surface area contributed by atoms with E-state index < -0.39 is 17.8 Å². The third kappa shape index (κ3) is 10.5. The van der Waals surface area contributed by atoms with Crippen LogP contribution in [0.3, 0.4) is 0 Å². The molecule has 0 unspecified atom stereocenters. The molecule has 250 valence electrons. The van der Waals surface area contributed by atoms with Gasteiger partial charge in [-0.15, -0.1) is 11.3 Å². The van der Waals surface area contributed by atoms with Gasteiger partial charge in [-0.1, -0.05) is 13.8 Å². The van der Waals surface area contributed by atoms with Gasteiger partial charge in [-0.2, -0.15) is 0 Å². The van der Waals surface area contributed by atoms with Gasteiger partial charge in [0.15, 0.2) is 5.13 Å². The summed E-state index contributed by atoms with van der Waals surface area (Å²) in [7, 11) is 8.54. The van der Waals surface area contributed by atoms with Crippen LogP contribution in [0, 0.1) is 5.92 Å². The Labute approximate surface area is 272 Å². The SMILES string of the molecule is COC(=O)CCC(=O)Nc1cc(C(=O)Nc2cc(C(=O)Nc3nc(C(=O)NCCCN(C)C)c(CCC(C)C)s3)n(C)c2)n(C)c1. The standard InChI is InChI=1S/C31H44N8O6S/c1-19(2)9-10-24-27(30(44)32-13-8-14-37(3)4)35-31(46-24)36-29(43)23-16-21(18-39(23)6)34-28(42)22-15-20(17-38(22)5)33-25(40)11-12-26(41)45-7/h15-19H,8-14H2,1-7H3,(H,32,44)(H,33,40)(H,34,42)(H,35,36,43). The van der Waals surface area contributed by atoms with Crippen molar-refractivity contribution in [1.82, 2.24) is 24.3 Å². The number of rotatable bonds is 16. The fourth-order valence-corrected chi connectivity index (χ4v) is 5.44. The maximum atomic E-state index is 13.3. The first-order valence-electron chi connectivity index (χ1n) is 15.0. The minimum absolute atomic E-state index is 0.0518. The predicted molar refractivity (Wildman–Crippen MR) is 177 cm³/mol. The Kier molecular flexibility index (Phi) is 13.1. The quantitative estimate of drug-likeness (QED) is 0.134. The molecule has 0 fully saturated rings. The monoisotopic (exact) mass is 656 g/mol. The lowest BCUT2D eigenvalue weighted by molar-refractivity contribution is -0.141. The maximum absolute atomic E-state index is 13.3. The number of ether oxygens (including phenoxy) is 1. The van der Waals surface area contributed by atoms with E-state index in [-0.39, 0.29) is 36.0 Å². The summed E-state index contributed by atoms with van der Waals surface area (Å²) in [5.41, 5.74) is 1.65. The number of anilines is 3. The van der Waals surface area contributed by atoms with Crippen molar-refractivity contribution in [2.45, 2.75) is 46.0 Å². The van der Waals surface area contributed by atoms with Crippen molar-refractivity contribution in [1.29, 1.82) is 0 Å². The molecule has 0 saturated heterocycles. The summed E-state index contributed by atoms with van der Waals surface area (Å²) in [6, 6.07) is 3.05. The van der Waals surface area contributed by atoms with E-state index in [1.54, 1.807) is 35.6 Å². The molecule has 15 heteroatoms. The van der Waals surface area contributed by atoms with Crippen molar-refractivity contribution in [3.05, 3.63) is 46.5 Å². The van der Waals surface area contributed by atoms with Crippen LogP contribution in [0.15, 0.2) is 24.5 Å². The molecule has 0 aliphatic rings. The molecule has 0 spiro atoms. The number of hydrogen-bond acceptors (Lipinski definition) is 9. The second-order valence-electron chi connectivity index (χ2n) is 11.6. The molecular weight excluding hydrogens is 612 g/mol. The second-order valence-corrected chi connectivity index (χ2v) is 12.7. The van der Waals surface area contributed by atoms with E-state index in [0.717, 1.165) is 24.3 Å².